The van der Waals surface area contributed by atoms with Crippen LogP contribution in [0, 0.1) is 5.82 Å². The topological polar surface area (TPSA) is 50.2 Å². The van der Waals surface area contributed by atoms with E-state index in [4.69, 9.17) is 0 Å². The van der Waals surface area contributed by atoms with Crippen LogP contribution in [0.1, 0.15) is 0 Å². The van der Waals surface area contributed by atoms with Gasteiger partial charge >= 0.3 is 5.69 Å². The second-order valence-corrected chi connectivity index (χ2v) is 3.61. The monoisotopic (exact) mass is 229 g/mol. The van der Waals surface area contributed by atoms with Crippen molar-refractivity contribution < 1.29 is 4.39 Å². The van der Waals surface area contributed by atoms with E-state index in [-0.39, 0.29) is 11.5 Å². The van der Waals surface area contributed by atoms with Crippen LogP contribution in [-0.2, 0) is 0 Å². The minimum Gasteiger partial charge on any atom is -0.313 e. The van der Waals surface area contributed by atoms with Gasteiger partial charge in [-0.3, -0.25) is 4.40 Å². The van der Waals surface area contributed by atoms with Crippen molar-refractivity contribution in [2.45, 2.75) is 0 Å². The van der Waals surface area contributed by atoms with Crippen LogP contribution in [0.2, 0.25) is 0 Å². The number of aromatic nitrogens is 3. The van der Waals surface area contributed by atoms with Gasteiger partial charge in [-0.25, -0.2) is 14.2 Å². The highest BCUT2D eigenvalue weighted by Crippen LogP contribution is 2.24. The zero-order chi connectivity index (χ0) is 11.8. The predicted molar refractivity (Wildman–Crippen MR) is 61.2 cm³/mol. The number of nitrogens with one attached hydrogen (secondary N) is 1. The summed E-state index contributed by atoms with van der Waals surface area (Å²) in [4.78, 5) is 18.1. The molecule has 0 bridgehead atoms. The third-order valence-corrected chi connectivity index (χ3v) is 2.60. The minimum absolute atomic E-state index is 0.294. The van der Waals surface area contributed by atoms with Gasteiger partial charge in [0, 0.05) is 29.7 Å². The van der Waals surface area contributed by atoms with Crippen LogP contribution in [0.5, 0.6) is 0 Å². The van der Waals surface area contributed by atoms with Gasteiger partial charge in [-0.05, 0) is 6.07 Å². The van der Waals surface area contributed by atoms with Crippen molar-refractivity contribution in [3.05, 3.63) is 59.2 Å². The molecule has 2 aromatic heterocycles. The lowest BCUT2D eigenvalue weighted by Gasteiger charge is -2.04. The molecule has 3 aromatic rings. The molecule has 84 valence electrons. The Hall–Kier alpha value is -2.43. The van der Waals surface area contributed by atoms with Crippen molar-refractivity contribution >= 4 is 5.65 Å². The summed E-state index contributed by atoms with van der Waals surface area (Å²) in [6.07, 6.45) is 4.52. The molecule has 2 heterocycles. The van der Waals surface area contributed by atoms with E-state index in [0.717, 1.165) is 0 Å². The molecular formula is C12H8FN3O. The first-order valence-corrected chi connectivity index (χ1v) is 5.07. The average molecular weight is 229 g/mol. The molecular weight excluding hydrogens is 221 g/mol. The number of benzene rings is 1. The highest BCUT2D eigenvalue weighted by Gasteiger charge is 2.10. The Morgan fingerprint density at radius 2 is 2.06 bits per heavy atom. The first-order valence-electron chi connectivity index (χ1n) is 5.07. The van der Waals surface area contributed by atoms with Crippen molar-refractivity contribution in [1.82, 2.24) is 14.4 Å². The van der Waals surface area contributed by atoms with E-state index in [0.29, 0.717) is 16.8 Å². The second kappa shape index (κ2) is 3.55. The van der Waals surface area contributed by atoms with Crippen molar-refractivity contribution in [3.8, 4) is 11.1 Å². The van der Waals surface area contributed by atoms with Crippen LogP contribution in [-0.4, -0.2) is 14.4 Å². The van der Waals surface area contributed by atoms with Crippen LogP contribution < -0.4 is 5.69 Å². The molecule has 0 unspecified atom stereocenters. The minimum atomic E-state index is -0.343. The number of imidazole rings is 1. The molecule has 0 aliphatic heterocycles. The lowest BCUT2D eigenvalue weighted by atomic mass is 10.1. The van der Waals surface area contributed by atoms with E-state index in [2.05, 4.69) is 9.97 Å². The zero-order valence-electron chi connectivity index (χ0n) is 8.72. The van der Waals surface area contributed by atoms with Gasteiger partial charge in [0.2, 0.25) is 0 Å². The van der Waals surface area contributed by atoms with Crippen molar-refractivity contribution in [3.63, 3.8) is 0 Å². The van der Waals surface area contributed by atoms with Crippen molar-refractivity contribution in [2.24, 2.45) is 0 Å². The first kappa shape index (κ1) is 9.77. The number of nitrogens with zero attached hydrogens (tertiary/aromatic N) is 2. The molecule has 17 heavy (non-hydrogen) atoms. The summed E-state index contributed by atoms with van der Waals surface area (Å²) in [5.41, 5.74) is 1.13. The van der Waals surface area contributed by atoms with E-state index in [1.807, 2.05) is 0 Å². The number of hydrogen-bond donors (Lipinski definition) is 1. The van der Waals surface area contributed by atoms with Crippen molar-refractivity contribution in [2.75, 3.05) is 0 Å². The fourth-order valence-electron chi connectivity index (χ4n) is 1.81. The summed E-state index contributed by atoms with van der Waals surface area (Å²) < 4.78 is 15.0. The average Bonchev–Trinajstić information content (AvgIpc) is 2.81. The van der Waals surface area contributed by atoms with E-state index in [9.17, 15) is 9.18 Å². The normalized spacial score (nSPS) is 10.9. The SMILES string of the molecule is O=c1[nH]cc(-c2ccccc2F)c2nccn12. The van der Waals surface area contributed by atoms with Crippen LogP contribution >= 0.6 is 0 Å². The summed E-state index contributed by atoms with van der Waals surface area (Å²) in [6, 6.07) is 6.38. The first-order chi connectivity index (χ1) is 8.27. The fraction of sp³-hybridized carbons (Fsp3) is 0. The number of hydrogen-bond acceptors (Lipinski definition) is 2. The van der Waals surface area contributed by atoms with Gasteiger partial charge < -0.3 is 4.98 Å². The number of H-pyrrole nitrogens is 1. The van der Waals surface area contributed by atoms with Crippen LogP contribution in [0.4, 0.5) is 4.39 Å². The lowest BCUT2D eigenvalue weighted by Crippen LogP contribution is -2.15. The van der Waals surface area contributed by atoms with Crippen LogP contribution in [0.3, 0.4) is 0 Å². The molecule has 0 atom stereocenters. The maximum atomic E-state index is 13.7. The van der Waals surface area contributed by atoms with E-state index >= 15 is 0 Å². The Kier molecular flexibility index (Phi) is 2.04. The molecule has 0 aliphatic carbocycles. The summed E-state index contributed by atoms with van der Waals surface area (Å²) in [5, 5.41) is 0. The molecule has 0 saturated heterocycles. The number of fused-ring (bicyclic) bond motifs is 1. The standard InChI is InChI=1S/C12H8FN3O/c13-10-4-2-1-3-8(10)9-7-15-12(17)16-6-5-14-11(9)16/h1-7H,(H,15,17). The molecule has 0 amide bonds. The number of rotatable bonds is 1. The maximum Gasteiger partial charge on any atom is 0.331 e. The Bertz CT molecular complexity index is 745. The van der Waals surface area contributed by atoms with E-state index in [1.165, 1.54) is 22.9 Å². The quantitative estimate of drug-likeness (QED) is 0.692. The Morgan fingerprint density at radius 3 is 2.88 bits per heavy atom. The van der Waals surface area contributed by atoms with Crippen LogP contribution in [0.25, 0.3) is 16.8 Å². The zero-order valence-corrected chi connectivity index (χ0v) is 8.72. The molecule has 5 heteroatoms. The molecule has 0 radical (unpaired) electrons. The maximum absolute atomic E-state index is 13.7. The molecule has 3 rings (SSSR count). The lowest BCUT2D eigenvalue weighted by molar-refractivity contribution is 0.631. The Balaban J connectivity index is 2.39. The largest absolute Gasteiger partial charge is 0.331 e. The molecule has 0 aliphatic rings. The molecule has 0 saturated carbocycles. The number of halogens is 1. The summed E-state index contributed by atoms with van der Waals surface area (Å²) in [6.45, 7) is 0. The van der Waals surface area contributed by atoms with Gasteiger partial charge in [0.25, 0.3) is 0 Å². The van der Waals surface area contributed by atoms with Gasteiger partial charge in [-0.15, -0.1) is 0 Å². The molecule has 0 spiro atoms. The van der Waals surface area contributed by atoms with Crippen LogP contribution in [0.15, 0.2) is 47.7 Å². The summed E-state index contributed by atoms with van der Waals surface area (Å²) in [7, 11) is 0. The highest BCUT2D eigenvalue weighted by atomic mass is 19.1. The Labute approximate surface area is 95.4 Å². The summed E-state index contributed by atoms with van der Waals surface area (Å²) >= 11 is 0. The van der Waals surface area contributed by atoms with Gasteiger partial charge in [0.15, 0.2) is 0 Å². The Morgan fingerprint density at radius 1 is 1.24 bits per heavy atom. The third kappa shape index (κ3) is 1.44. The van der Waals surface area contributed by atoms with Gasteiger partial charge in [-0.1, -0.05) is 18.2 Å². The molecule has 1 N–H and O–H groups in total. The fourth-order valence-corrected chi connectivity index (χ4v) is 1.81. The van der Waals surface area contributed by atoms with E-state index in [1.54, 1.807) is 24.4 Å². The summed E-state index contributed by atoms with van der Waals surface area (Å²) in [5.74, 6) is -0.343. The van der Waals surface area contributed by atoms with Gasteiger partial charge in [-0.2, -0.15) is 0 Å². The number of aromatic amines is 1. The van der Waals surface area contributed by atoms with E-state index < -0.39 is 0 Å². The third-order valence-electron chi connectivity index (χ3n) is 2.60. The van der Waals surface area contributed by atoms with Gasteiger partial charge in [0.05, 0.1) is 0 Å². The predicted octanol–water partition coefficient (Wildman–Crippen LogP) is 1.83. The smallest absolute Gasteiger partial charge is 0.313 e. The van der Waals surface area contributed by atoms with Gasteiger partial charge in [0.1, 0.15) is 11.5 Å². The highest BCUT2D eigenvalue weighted by molar-refractivity contribution is 5.76. The van der Waals surface area contributed by atoms with Crippen molar-refractivity contribution in [1.29, 1.82) is 0 Å². The second-order valence-electron chi connectivity index (χ2n) is 3.61. The molecule has 0 fully saturated rings. The molecule has 1 aromatic carbocycles. The molecule has 4 nitrogen and oxygen atoms in total.